The van der Waals surface area contributed by atoms with E-state index in [-0.39, 0.29) is 0 Å². The molecule has 0 saturated carbocycles. The molecule has 0 saturated heterocycles. The second kappa shape index (κ2) is 8.08. The molecule has 0 unspecified atom stereocenters. The van der Waals surface area contributed by atoms with Crippen molar-refractivity contribution in [2.75, 3.05) is 20.1 Å². The summed E-state index contributed by atoms with van der Waals surface area (Å²) < 4.78 is 0. The molecule has 1 heterocycles. The van der Waals surface area contributed by atoms with E-state index in [9.17, 15) is 0 Å². The lowest BCUT2D eigenvalue weighted by Gasteiger charge is -2.16. The van der Waals surface area contributed by atoms with E-state index in [0.717, 1.165) is 37.6 Å². The molecule has 0 aliphatic rings. The number of hydrogen-bond acceptors (Lipinski definition) is 3. The van der Waals surface area contributed by atoms with Crippen molar-refractivity contribution in [2.24, 2.45) is 5.92 Å². The SMILES string of the molecule is C=C(C)CN(C)Cc1cccc(CNCC(C)C)n1. The number of aromatic nitrogens is 1. The van der Waals surface area contributed by atoms with Crippen LogP contribution in [0.4, 0.5) is 0 Å². The van der Waals surface area contributed by atoms with Crippen LogP contribution in [0.25, 0.3) is 0 Å². The Morgan fingerprint density at radius 1 is 1.37 bits per heavy atom. The van der Waals surface area contributed by atoms with Gasteiger partial charge in [0.25, 0.3) is 0 Å². The molecule has 0 radical (unpaired) electrons. The summed E-state index contributed by atoms with van der Waals surface area (Å²) in [6.07, 6.45) is 0. The quantitative estimate of drug-likeness (QED) is 0.729. The van der Waals surface area contributed by atoms with Crippen LogP contribution in [0.1, 0.15) is 32.2 Å². The van der Waals surface area contributed by atoms with Gasteiger partial charge in [-0.15, -0.1) is 0 Å². The van der Waals surface area contributed by atoms with Gasteiger partial charge in [-0.05, 0) is 38.6 Å². The zero-order chi connectivity index (χ0) is 14.3. The third kappa shape index (κ3) is 7.09. The molecule has 0 atom stereocenters. The first-order valence-corrected chi connectivity index (χ1v) is 6.96. The Morgan fingerprint density at radius 2 is 2.05 bits per heavy atom. The molecule has 3 heteroatoms. The molecule has 1 aromatic rings. The molecule has 0 aliphatic carbocycles. The van der Waals surface area contributed by atoms with Crippen molar-refractivity contribution in [1.29, 1.82) is 0 Å². The fourth-order valence-corrected chi connectivity index (χ4v) is 2.00. The van der Waals surface area contributed by atoms with E-state index in [4.69, 9.17) is 0 Å². The summed E-state index contributed by atoms with van der Waals surface area (Å²) in [5.41, 5.74) is 3.41. The zero-order valence-corrected chi connectivity index (χ0v) is 12.7. The molecule has 0 fully saturated rings. The lowest BCUT2D eigenvalue weighted by atomic mass is 10.2. The van der Waals surface area contributed by atoms with Gasteiger partial charge < -0.3 is 5.32 Å². The highest BCUT2D eigenvalue weighted by Gasteiger charge is 2.03. The first-order chi connectivity index (χ1) is 8.97. The fraction of sp³-hybridized carbons (Fsp3) is 0.562. The molecule has 106 valence electrons. The van der Waals surface area contributed by atoms with Crippen LogP contribution < -0.4 is 5.32 Å². The van der Waals surface area contributed by atoms with E-state index in [0.29, 0.717) is 5.92 Å². The summed E-state index contributed by atoms with van der Waals surface area (Å²) in [6, 6.07) is 6.25. The molecular formula is C16H27N3. The first-order valence-electron chi connectivity index (χ1n) is 6.96. The van der Waals surface area contributed by atoms with Crippen LogP contribution in [-0.2, 0) is 13.1 Å². The minimum atomic E-state index is 0.671. The van der Waals surface area contributed by atoms with Gasteiger partial charge in [-0.25, -0.2) is 0 Å². The molecule has 0 amide bonds. The predicted octanol–water partition coefficient (Wildman–Crippen LogP) is 2.84. The van der Waals surface area contributed by atoms with E-state index < -0.39 is 0 Å². The Kier molecular flexibility index (Phi) is 6.74. The van der Waals surface area contributed by atoms with Crippen molar-refractivity contribution in [2.45, 2.75) is 33.9 Å². The van der Waals surface area contributed by atoms with Crippen LogP contribution in [-0.4, -0.2) is 30.0 Å². The maximum Gasteiger partial charge on any atom is 0.0547 e. The number of rotatable bonds is 8. The van der Waals surface area contributed by atoms with E-state index in [2.05, 4.69) is 67.8 Å². The molecule has 3 nitrogen and oxygen atoms in total. The lowest BCUT2D eigenvalue weighted by molar-refractivity contribution is 0.350. The number of hydrogen-bond donors (Lipinski definition) is 1. The van der Waals surface area contributed by atoms with Gasteiger partial charge >= 0.3 is 0 Å². The van der Waals surface area contributed by atoms with Gasteiger partial charge in [0.1, 0.15) is 0 Å². The van der Waals surface area contributed by atoms with E-state index >= 15 is 0 Å². The van der Waals surface area contributed by atoms with Gasteiger partial charge in [0, 0.05) is 19.6 Å². The third-order valence-electron chi connectivity index (χ3n) is 2.69. The molecule has 0 bridgehead atoms. The van der Waals surface area contributed by atoms with E-state index in [1.807, 2.05) is 0 Å². The molecule has 19 heavy (non-hydrogen) atoms. The highest BCUT2D eigenvalue weighted by Crippen LogP contribution is 2.04. The highest BCUT2D eigenvalue weighted by molar-refractivity contribution is 5.11. The minimum Gasteiger partial charge on any atom is -0.311 e. The molecule has 0 spiro atoms. The van der Waals surface area contributed by atoms with Crippen molar-refractivity contribution in [3.8, 4) is 0 Å². The maximum absolute atomic E-state index is 4.68. The first kappa shape index (κ1) is 15.9. The van der Waals surface area contributed by atoms with Gasteiger partial charge in [0.2, 0.25) is 0 Å². The number of pyridine rings is 1. The summed E-state index contributed by atoms with van der Waals surface area (Å²) in [6.45, 7) is 14.1. The highest BCUT2D eigenvalue weighted by atomic mass is 15.1. The Balaban J connectivity index is 2.49. The summed E-state index contributed by atoms with van der Waals surface area (Å²) in [4.78, 5) is 6.92. The molecule has 0 aromatic carbocycles. The minimum absolute atomic E-state index is 0.671. The number of nitrogens with one attached hydrogen (secondary N) is 1. The second-order valence-electron chi connectivity index (χ2n) is 5.77. The Bertz CT molecular complexity index is 399. The topological polar surface area (TPSA) is 28.2 Å². The molecule has 1 rings (SSSR count). The largest absolute Gasteiger partial charge is 0.311 e. The third-order valence-corrected chi connectivity index (χ3v) is 2.69. The van der Waals surface area contributed by atoms with Crippen molar-refractivity contribution < 1.29 is 0 Å². The maximum atomic E-state index is 4.68. The van der Waals surface area contributed by atoms with Gasteiger partial charge in [-0.2, -0.15) is 0 Å². The predicted molar refractivity (Wildman–Crippen MR) is 81.9 cm³/mol. The van der Waals surface area contributed by atoms with E-state index in [1.165, 1.54) is 5.57 Å². The summed E-state index contributed by atoms with van der Waals surface area (Å²) >= 11 is 0. The summed E-state index contributed by atoms with van der Waals surface area (Å²) in [5, 5.41) is 3.42. The van der Waals surface area contributed by atoms with Crippen LogP contribution >= 0.6 is 0 Å². The van der Waals surface area contributed by atoms with Gasteiger partial charge in [-0.3, -0.25) is 9.88 Å². The monoisotopic (exact) mass is 261 g/mol. The Morgan fingerprint density at radius 3 is 2.68 bits per heavy atom. The normalized spacial score (nSPS) is 11.3. The van der Waals surface area contributed by atoms with Crippen LogP contribution in [0.2, 0.25) is 0 Å². The van der Waals surface area contributed by atoms with Crippen LogP contribution in [0, 0.1) is 5.92 Å². The average Bonchev–Trinajstić information content (AvgIpc) is 2.27. The summed E-state index contributed by atoms with van der Waals surface area (Å²) in [7, 11) is 2.10. The van der Waals surface area contributed by atoms with Crippen molar-refractivity contribution >= 4 is 0 Å². The van der Waals surface area contributed by atoms with Gasteiger partial charge in [0.15, 0.2) is 0 Å². The Hall–Kier alpha value is -1.19. The Labute approximate surface area is 117 Å². The second-order valence-corrected chi connectivity index (χ2v) is 5.77. The zero-order valence-electron chi connectivity index (χ0n) is 12.7. The summed E-state index contributed by atoms with van der Waals surface area (Å²) in [5.74, 6) is 0.671. The molecule has 1 N–H and O–H groups in total. The molecule has 1 aromatic heterocycles. The average molecular weight is 261 g/mol. The van der Waals surface area contributed by atoms with Crippen LogP contribution in [0.5, 0.6) is 0 Å². The fourth-order valence-electron chi connectivity index (χ4n) is 2.00. The van der Waals surface area contributed by atoms with Crippen molar-refractivity contribution in [3.63, 3.8) is 0 Å². The van der Waals surface area contributed by atoms with Crippen molar-refractivity contribution in [3.05, 3.63) is 41.7 Å². The smallest absolute Gasteiger partial charge is 0.0547 e. The lowest BCUT2D eigenvalue weighted by Crippen LogP contribution is -2.22. The van der Waals surface area contributed by atoms with Gasteiger partial charge in [-0.1, -0.05) is 32.1 Å². The molecule has 0 aliphatic heterocycles. The molecular weight excluding hydrogens is 234 g/mol. The standard InChI is InChI=1S/C16H27N3/c1-13(2)9-17-10-15-7-6-8-16(18-15)12-19(5)11-14(3)4/h6-8,13,17H,3,9-12H2,1-2,4-5H3. The van der Waals surface area contributed by atoms with Gasteiger partial charge in [0.05, 0.1) is 11.4 Å². The van der Waals surface area contributed by atoms with E-state index in [1.54, 1.807) is 0 Å². The number of likely N-dealkylation sites (N-methyl/N-ethyl adjacent to an activating group) is 1. The van der Waals surface area contributed by atoms with Crippen LogP contribution in [0.3, 0.4) is 0 Å². The number of nitrogens with zero attached hydrogens (tertiary/aromatic N) is 2. The van der Waals surface area contributed by atoms with Crippen molar-refractivity contribution in [1.82, 2.24) is 15.2 Å². The van der Waals surface area contributed by atoms with Crippen LogP contribution in [0.15, 0.2) is 30.4 Å².